The van der Waals surface area contributed by atoms with Crippen molar-refractivity contribution < 1.29 is 10.0 Å². The molecule has 0 aliphatic carbocycles. The normalized spacial score (nSPS) is 14.1. The lowest BCUT2D eigenvalue weighted by molar-refractivity contribution is -0.384. The van der Waals surface area contributed by atoms with Gasteiger partial charge in [-0.1, -0.05) is 13.3 Å². The third-order valence-corrected chi connectivity index (χ3v) is 4.33. The Morgan fingerprint density at radius 2 is 2.25 bits per heavy atom. The van der Waals surface area contributed by atoms with E-state index in [0.29, 0.717) is 17.9 Å². The molecule has 1 aromatic rings. The second kappa shape index (κ2) is 7.49. The van der Waals surface area contributed by atoms with Crippen molar-refractivity contribution in [2.24, 2.45) is 7.05 Å². The zero-order valence-electron chi connectivity index (χ0n) is 12.3. The van der Waals surface area contributed by atoms with Gasteiger partial charge in [0.1, 0.15) is 5.69 Å². The number of nitrogens with zero attached hydrogens (tertiary/aromatic N) is 3. The van der Waals surface area contributed by atoms with E-state index in [9.17, 15) is 15.2 Å². The molecule has 0 spiro atoms. The fourth-order valence-electron chi connectivity index (χ4n) is 2.07. The second-order valence-corrected chi connectivity index (χ2v) is 5.74. The molecule has 2 atom stereocenters. The molecule has 0 aliphatic heterocycles. The molecule has 2 N–H and O–H groups in total. The van der Waals surface area contributed by atoms with Crippen LogP contribution in [-0.2, 0) is 13.5 Å². The minimum Gasteiger partial charge on any atom is -0.395 e. The van der Waals surface area contributed by atoms with Crippen molar-refractivity contribution in [2.45, 2.75) is 38.0 Å². The maximum atomic E-state index is 11.3. The zero-order chi connectivity index (χ0) is 15.3. The Kier molecular flexibility index (Phi) is 6.28. The molecule has 1 aromatic heterocycles. The first-order chi connectivity index (χ1) is 9.46. The van der Waals surface area contributed by atoms with E-state index in [0.717, 1.165) is 6.42 Å². The van der Waals surface area contributed by atoms with Gasteiger partial charge in [-0.15, -0.1) is 0 Å². The van der Waals surface area contributed by atoms with E-state index >= 15 is 0 Å². The van der Waals surface area contributed by atoms with Gasteiger partial charge in [0.2, 0.25) is 5.82 Å². The van der Waals surface area contributed by atoms with Crippen molar-refractivity contribution >= 4 is 23.3 Å². The Labute approximate surface area is 122 Å². The summed E-state index contributed by atoms with van der Waals surface area (Å²) in [4.78, 5) is 10.9. The molecule has 1 heterocycles. The zero-order valence-corrected chi connectivity index (χ0v) is 13.1. The molecule has 8 heteroatoms. The van der Waals surface area contributed by atoms with Gasteiger partial charge in [0.15, 0.2) is 0 Å². The molecule has 0 radical (unpaired) electrons. The van der Waals surface area contributed by atoms with Crippen LogP contribution in [0, 0.1) is 10.1 Å². The number of anilines is 1. The average molecular weight is 302 g/mol. The molecule has 1 rings (SSSR count). The average Bonchev–Trinajstić information content (AvgIpc) is 2.68. The van der Waals surface area contributed by atoms with Crippen molar-refractivity contribution in [1.29, 1.82) is 0 Å². The first-order valence-electron chi connectivity index (χ1n) is 6.56. The molecule has 0 saturated carbocycles. The smallest absolute Gasteiger partial charge is 0.333 e. The van der Waals surface area contributed by atoms with Crippen LogP contribution in [-0.4, -0.2) is 44.0 Å². The lowest BCUT2D eigenvalue weighted by atomic mass is 10.2. The highest BCUT2D eigenvalue weighted by atomic mass is 32.2. The second-order valence-electron chi connectivity index (χ2n) is 4.66. The molecule has 0 aliphatic rings. The lowest BCUT2D eigenvalue weighted by Gasteiger charge is -2.21. The van der Waals surface area contributed by atoms with Crippen molar-refractivity contribution in [3.63, 3.8) is 0 Å². The number of nitro groups is 1. The Morgan fingerprint density at radius 3 is 2.70 bits per heavy atom. The summed E-state index contributed by atoms with van der Waals surface area (Å²) in [6.07, 6.45) is 3.28. The third-order valence-electron chi connectivity index (χ3n) is 3.17. The summed E-state index contributed by atoms with van der Waals surface area (Å²) in [6.45, 7) is 3.88. The summed E-state index contributed by atoms with van der Waals surface area (Å²) in [6, 6.07) is -0.0985. The fraction of sp³-hybridized carbons (Fsp3) is 0.750. The maximum absolute atomic E-state index is 11.3. The standard InChI is InChI=1S/C12H22N4O3S/c1-5-6-9-11(16(18)19)12(15(3)14-9)13-8(2)10(7-17)20-4/h8,10,13,17H,5-7H2,1-4H3. The van der Waals surface area contributed by atoms with Gasteiger partial charge in [-0.2, -0.15) is 16.9 Å². The Balaban J connectivity index is 3.07. The Hall–Kier alpha value is -1.28. The van der Waals surface area contributed by atoms with Gasteiger partial charge in [0, 0.05) is 18.3 Å². The fourth-order valence-corrected chi connectivity index (χ4v) is 2.70. The highest BCUT2D eigenvalue weighted by Crippen LogP contribution is 2.30. The number of thioether (sulfide) groups is 1. The van der Waals surface area contributed by atoms with E-state index in [4.69, 9.17) is 0 Å². The summed E-state index contributed by atoms with van der Waals surface area (Å²) in [7, 11) is 1.69. The number of nitrogens with one attached hydrogen (secondary N) is 1. The highest BCUT2D eigenvalue weighted by molar-refractivity contribution is 7.99. The van der Waals surface area contributed by atoms with Gasteiger partial charge in [-0.05, 0) is 19.6 Å². The molecule has 20 heavy (non-hydrogen) atoms. The molecule has 0 aromatic carbocycles. The van der Waals surface area contributed by atoms with E-state index in [2.05, 4.69) is 10.4 Å². The predicted molar refractivity (Wildman–Crippen MR) is 81.3 cm³/mol. The number of aliphatic hydroxyl groups is 1. The Morgan fingerprint density at radius 1 is 1.60 bits per heavy atom. The molecule has 2 unspecified atom stereocenters. The number of aryl methyl sites for hydroxylation is 2. The third kappa shape index (κ3) is 3.63. The number of rotatable bonds is 8. The summed E-state index contributed by atoms with van der Waals surface area (Å²) in [5, 5.41) is 27.9. The summed E-state index contributed by atoms with van der Waals surface area (Å²) < 4.78 is 1.51. The monoisotopic (exact) mass is 302 g/mol. The highest BCUT2D eigenvalue weighted by Gasteiger charge is 2.28. The van der Waals surface area contributed by atoms with Gasteiger partial charge in [0.05, 0.1) is 11.5 Å². The topological polar surface area (TPSA) is 93.2 Å². The summed E-state index contributed by atoms with van der Waals surface area (Å²) >= 11 is 1.52. The van der Waals surface area contributed by atoms with Crippen molar-refractivity contribution in [1.82, 2.24) is 9.78 Å². The minimum absolute atomic E-state index is 0.0167. The molecule has 0 bridgehead atoms. The molecule has 7 nitrogen and oxygen atoms in total. The van der Waals surface area contributed by atoms with E-state index < -0.39 is 0 Å². The largest absolute Gasteiger partial charge is 0.395 e. The number of aliphatic hydroxyl groups excluding tert-OH is 1. The molecule has 0 saturated heterocycles. The van der Waals surface area contributed by atoms with Gasteiger partial charge < -0.3 is 10.4 Å². The van der Waals surface area contributed by atoms with E-state index in [1.54, 1.807) is 7.05 Å². The van der Waals surface area contributed by atoms with Crippen LogP contribution in [0.5, 0.6) is 0 Å². The molecule has 114 valence electrons. The summed E-state index contributed by atoms with van der Waals surface area (Å²) in [5.41, 5.74) is 0.540. The van der Waals surface area contributed by atoms with Crippen LogP contribution in [0.1, 0.15) is 26.0 Å². The van der Waals surface area contributed by atoms with Gasteiger partial charge in [0.25, 0.3) is 0 Å². The number of hydrogen-bond acceptors (Lipinski definition) is 6. The van der Waals surface area contributed by atoms with Gasteiger partial charge in [-0.3, -0.25) is 10.1 Å². The molecular weight excluding hydrogens is 280 g/mol. The van der Waals surface area contributed by atoms with Crippen LogP contribution >= 0.6 is 11.8 Å². The van der Waals surface area contributed by atoms with Crippen LogP contribution in [0.15, 0.2) is 0 Å². The van der Waals surface area contributed by atoms with Gasteiger partial charge >= 0.3 is 5.69 Å². The number of hydrogen-bond donors (Lipinski definition) is 2. The van der Waals surface area contributed by atoms with Crippen molar-refractivity contribution in [3.8, 4) is 0 Å². The summed E-state index contributed by atoms with van der Waals surface area (Å²) in [5.74, 6) is 0.401. The van der Waals surface area contributed by atoms with Crippen LogP contribution in [0.25, 0.3) is 0 Å². The van der Waals surface area contributed by atoms with Crippen LogP contribution in [0.4, 0.5) is 11.5 Å². The molecule has 0 amide bonds. The number of aromatic nitrogens is 2. The first kappa shape index (κ1) is 16.8. The van der Waals surface area contributed by atoms with E-state index in [1.165, 1.54) is 16.4 Å². The SMILES string of the molecule is CCCc1nn(C)c(NC(C)C(CO)SC)c1[N+](=O)[O-]. The molecular formula is C12H22N4O3S. The lowest BCUT2D eigenvalue weighted by Crippen LogP contribution is -2.32. The van der Waals surface area contributed by atoms with E-state index in [1.807, 2.05) is 20.1 Å². The molecule has 0 fully saturated rings. The Bertz CT molecular complexity index is 460. The van der Waals surface area contributed by atoms with Crippen molar-refractivity contribution in [3.05, 3.63) is 15.8 Å². The maximum Gasteiger partial charge on any atom is 0.333 e. The first-order valence-corrected chi connectivity index (χ1v) is 7.85. The quantitative estimate of drug-likeness (QED) is 0.562. The van der Waals surface area contributed by atoms with Gasteiger partial charge in [-0.25, -0.2) is 4.68 Å². The van der Waals surface area contributed by atoms with E-state index in [-0.39, 0.29) is 28.5 Å². The van der Waals surface area contributed by atoms with Crippen LogP contribution < -0.4 is 5.32 Å². The van der Waals surface area contributed by atoms with Crippen molar-refractivity contribution in [2.75, 3.05) is 18.2 Å². The predicted octanol–water partition coefficient (Wildman–Crippen LogP) is 1.81. The minimum atomic E-state index is -0.389. The van der Waals surface area contributed by atoms with Crippen LogP contribution in [0.3, 0.4) is 0 Å². The van der Waals surface area contributed by atoms with Crippen LogP contribution in [0.2, 0.25) is 0 Å².